The second kappa shape index (κ2) is 7.93. The molecule has 2 N–H and O–H groups in total. The van der Waals surface area contributed by atoms with Crippen LogP contribution in [0.25, 0.3) is 0 Å². The minimum absolute atomic E-state index is 0.129. The van der Waals surface area contributed by atoms with Crippen LogP contribution >= 0.6 is 11.3 Å². The number of hydrogen-bond acceptors (Lipinski definition) is 4. The average Bonchev–Trinajstić information content (AvgIpc) is 3.11. The molecule has 0 radical (unpaired) electrons. The largest absolute Gasteiger partial charge is 0.344 e. The van der Waals surface area contributed by atoms with Crippen molar-refractivity contribution in [1.29, 1.82) is 0 Å². The van der Waals surface area contributed by atoms with Crippen LogP contribution in [-0.2, 0) is 0 Å². The zero-order valence-corrected chi connectivity index (χ0v) is 15.3. The van der Waals surface area contributed by atoms with Gasteiger partial charge in [-0.3, -0.25) is 14.9 Å². The maximum Gasteiger partial charge on any atom is 0.271 e. The van der Waals surface area contributed by atoms with E-state index in [4.69, 9.17) is 0 Å². The Morgan fingerprint density at radius 3 is 2.42 bits per heavy atom. The Labute approximate surface area is 156 Å². The van der Waals surface area contributed by atoms with E-state index < -0.39 is 0 Å². The van der Waals surface area contributed by atoms with Crippen molar-refractivity contribution < 1.29 is 9.59 Å². The zero-order chi connectivity index (χ0) is 18.5. The molecule has 0 aliphatic carbocycles. The zero-order valence-electron chi connectivity index (χ0n) is 14.5. The Morgan fingerprint density at radius 2 is 1.69 bits per heavy atom. The summed E-state index contributed by atoms with van der Waals surface area (Å²) in [7, 11) is 0. The molecule has 2 aromatic carbocycles. The van der Waals surface area contributed by atoms with Crippen LogP contribution in [0.5, 0.6) is 0 Å². The molecule has 0 aliphatic heterocycles. The van der Waals surface area contributed by atoms with Gasteiger partial charge in [-0.1, -0.05) is 48.5 Å². The lowest BCUT2D eigenvalue weighted by atomic mass is 10.1. The van der Waals surface area contributed by atoms with Crippen molar-refractivity contribution in [3.63, 3.8) is 0 Å². The summed E-state index contributed by atoms with van der Waals surface area (Å²) in [5.41, 5.74) is 2.78. The first kappa shape index (κ1) is 17.8. The third-order valence-electron chi connectivity index (χ3n) is 3.99. The lowest BCUT2D eigenvalue weighted by molar-refractivity contribution is 0.0934. The second-order valence-electron chi connectivity index (χ2n) is 5.91. The number of amides is 2. The van der Waals surface area contributed by atoms with Gasteiger partial charge in [0.15, 0.2) is 5.13 Å². The summed E-state index contributed by atoms with van der Waals surface area (Å²) >= 11 is 1.23. The van der Waals surface area contributed by atoms with Gasteiger partial charge in [0.25, 0.3) is 11.8 Å². The van der Waals surface area contributed by atoms with Crippen LogP contribution < -0.4 is 10.6 Å². The molecule has 1 heterocycles. The van der Waals surface area contributed by atoms with Gasteiger partial charge in [0, 0.05) is 10.9 Å². The highest BCUT2D eigenvalue weighted by Gasteiger charge is 2.16. The normalized spacial score (nSPS) is 11.6. The van der Waals surface area contributed by atoms with Crippen molar-refractivity contribution in [2.45, 2.75) is 19.9 Å². The van der Waals surface area contributed by atoms with Gasteiger partial charge in [-0.25, -0.2) is 4.98 Å². The number of carbonyl (C=O) groups is 2. The first-order valence-corrected chi connectivity index (χ1v) is 9.11. The Kier molecular flexibility index (Phi) is 5.43. The standard InChI is InChI=1S/C20H19N3O2S/c1-13-8-6-7-11-16(13)18(24)23-20-22-17(12-26-20)19(25)21-14(2)15-9-4-3-5-10-15/h3-12,14H,1-2H3,(H,21,25)(H,22,23,24)/t14-/m1/s1. The van der Waals surface area contributed by atoms with E-state index in [0.717, 1.165) is 11.1 Å². The highest BCUT2D eigenvalue weighted by Crippen LogP contribution is 2.19. The number of benzene rings is 2. The third kappa shape index (κ3) is 4.15. The van der Waals surface area contributed by atoms with Crippen LogP contribution in [0.2, 0.25) is 0 Å². The predicted molar refractivity (Wildman–Crippen MR) is 104 cm³/mol. The Bertz CT molecular complexity index is 922. The van der Waals surface area contributed by atoms with Gasteiger partial charge in [0.1, 0.15) is 5.69 Å². The molecular weight excluding hydrogens is 346 g/mol. The maximum atomic E-state index is 12.4. The number of rotatable bonds is 5. The molecule has 1 aromatic heterocycles. The first-order chi connectivity index (χ1) is 12.5. The lowest BCUT2D eigenvalue weighted by Gasteiger charge is -2.13. The average molecular weight is 365 g/mol. The number of thiazole rings is 1. The van der Waals surface area contributed by atoms with E-state index in [0.29, 0.717) is 10.7 Å². The molecule has 132 valence electrons. The van der Waals surface area contributed by atoms with Crippen molar-refractivity contribution in [3.05, 3.63) is 82.4 Å². The molecule has 1 atom stereocenters. The van der Waals surface area contributed by atoms with E-state index >= 15 is 0 Å². The minimum atomic E-state index is -0.269. The molecule has 6 heteroatoms. The van der Waals surface area contributed by atoms with Crippen LogP contribution in [0.4, 0.5) is 5.13 Å². The topological polar surface area (TPSA) is 71.1 Å². The Hall–Kier alpha value is -2.99. The van der Waals surface area contributed by atoms with E-state index in [1.165, 1.54) is 11.3 Å². The first-order valence-electron chi connectivity index (χ1n) is 8.23. The van der Waals surface area contributed by atoms with E-state index in [-0.39, 0.29) is 23.6 Å². The van der Waals surface area contributed by atoms with Gasteiger partial charge in [-0.2, -0.15) is 0 Å². The molecule has 3 aromatic rings. The van der Waals surface area contributed by atoms with E-state index in [9.17, 15) is 9.59 Å². The summed E-state index contributed by atoms with van der Waals surface area (Å²) in [6.45, 7) is 3.79. The SMILES string of the molecule is Cc1ccccc1C(=O)Nc1nc(C(=O)N[C@H](C)c2ccccc2)cs1. The third-order valence-corrected chi connectivity index (χ3v) is 4.75. The van der Waals surface area contributed by atoms with Crippen molar-refractivity contribution >= 4 is 28.3 Å². The number of aryl methyl sites for hydroxylation is 1. The van der Waals surface area contributed by atoms with Crippen LogP contribution in [-0.4, -0.2) is 16.8 Å². The van der Waals surface area contributed by atoms with E-state index in [2.05, 4.69) is 15.6 Å². The van der Waals surface area contributed by atoms with Crippen LogP contribution in [0.3, 0.4) is 0 Å². The number of nitrogens with one attached hydrogen (secondary N) is 2. The van der Waals surface area contributed by atoms with Gasteiger partial charge in [-0.05, 0) is 31.0 Å². The van der Waals surface area contributed by atoms with E-state index in [1.807, 2.05) is 62.4 Å². The molecule has 2 amide bonds. The van der Waals surface area contributed by atoms with Gasteiger partial charge in [0.2, 0.25) is 0 Å². The Balaban J connectivity index is 1.65. The maximum absolute atomic E-state index is 12.4. The van der Waals surface area contributed by atoms with Crippen molar-refractivity contribution in [2.24, 2.45) is 0 Å². The number of nitrogens with zero attached hydrogens (tertiary/aromatic N) is 1. The Morgan fingerprint density at radius 1 is 1.00 bits per heavy atom. The van der Waals surface area contributed by atoms with Crippen LogP contribution in [0.1, 0.15) is 44.9 Å². The molecule has 0 aliphatic rings. The molecule has 0 spiro atoms. The van der Waals surface area contributed by atoms with Crippen molar-refractivity contribution in [2.75, 3.05) is 5.32 Å². The molecule has 5 nitrogen and oxygen atoms in total. The highest BCUT2D eigenvalue weighted by atomic mass is 32.1. The molecular formula is C20H19N3O2S. The van der Waals surface area contributed by atoms with Crippen LogP contribution in [0.15, 0.2) is 60.0 Å². The monoisotopic (exact) mass is 365 g/mol. The highest BCUT2D eigenvalue weighted by molar-refractivity contribution is 7.14. The number of hydrogen-bond donors (Lipinski definition) is 2. The minimum Gasteiger partial charge on any atom is -0.344 e. The summed E-state index contributed by atoms with van der Waals surface area (Å²) in [5, 5.41) is 7.70. The summed E-state index contributed by atoms with van der Waals surface area (Å²) < 4.78 is 0. The summed E-state index contributed by atoms with van der Waals surface area (Å²) in [6, 6.07) is 16.9. The fourth-order valence-corrected chi connectivity index (χ4v) is 3.21. The second-order valence-corrected chi connectivity index (χ2v) is 6.77. The number of aromatic nitrogens is 1. The number of anilines is 1. The van der Waals surface area contributed by atoms with Gasteiger partial charge in [-0.15, -0.1) is 11.3 Å². The molecule has 0 saturated carbocycles. The van der Waals surface area contributed by atoms with Crippen LogP contribution in [0, 0.1) is 6.92 Å². The molecule has 26 heavy (non-hydrogen) atoms. The smallest absolute Gasteiger partial charge is 0.271 e. The fraction of sp³-hybridized carbons (Fsp3) is 0.150. The molecule has 3 rings (SSSR count). The summed E-state index contributed by atoms with van der Waals surface area (Å²) in [5.74, 6) is -0.504. The fourth-order valence-electron chi connectivity index (χ4n) is 2.52. The van der Waals surface area contributed by atoms with Gasteiger partial charge in [0.05, 0.1) is 6.04 Å². The van der Waals surface area contributed by atoms with Crippen molar-refractivity contribution in [1.82, 2.24) is 10.3 Å². The van der Waals surface area contributed by atoms with Gasteiger partial charge < -0.3 is 5.32 Å². The van der Waals surface area contributed by atoms with Crippen molar-refractivity contribution in [3.8, 4) is 0 Å². The van der Waals surface area contributed by atoms with Gasteiger partial charge >= 0.3 is 0 Å². The number of carbonyl (C=O) groups excluding carboxylic acids is 2. The lowest BCUT2D eigenvalue weighted by Crippen LogP contribution is -2.27. The molecule has 0 saturated heterocycles. The molecule has 0 unspecified atom stereocenters. The quantitative estimate of drug-likeness (QED) is 0.712. The summed E-state index contributed by atoms with van der Waals surface area (Å²) in [4.78, 5) is 28.9. The summed E-state index contributed by atoms with van der Waals surface area (Å²) in [6.07, 6.45) is 0. The molecule has 0 fully saturated rings. The van der Waals surface area contributed by atoms with E-state index in [1.54, 1.807) is 11.4 Å². The predicted octanol–water partition coefficient (Wildman–Crippen LogP) is 4.19. The molecule has 0 bridgehead atoms.